The summed E-state index contributed by atoms with van der Waals surface area (Å²) in [4.78, 5) is 29.0. The van der Waals surface area contributed by atoms with Gasteiger partial charge in [-0.25, -0.2) is 4.79 Å². The predicted molar refractivity (Wildman–Crippen MR) is 64.8 cm³/mol. The van der Waals surface area contributed by atoms with Gasteiger partial charge in [-0.05, 0) is 37.5 Å². The summed E-state index contributed by atoms with van der Waals surface area (Å²) >= 11 is 0. The van der Waals surface area contributed by atoms with Crippen molar-refractivity contribution in [3.63, 3.8) is 0 Å². The Kier molecular flexibility index (Phi) is 3.32. The number of aromatic nitrogens is 1. The smallest absolute Gasteiger partial charge is 0.334 e. The van der Waals surface area contributed by atoms with Gasteiger partial charge in [0, 0.05) is 25.4 Å². The molecule has 0 bridgehead atoms. The van der Waals surface area contributed by atoms with Crippen LogP contribution in [0.3, 0.4) is 0 Å². The first kappa shape index (κ1) is 12.5. The van der Waals surface area contributed by atoms with Gasteiger partial charge in [-0.2, -0.15) is 0 Å². The topological polar surface area (TPSA) is 70.5 Å². The van der Waals surface area contributed by atoms with Crippen LogP contribution in [0.15, 0.2) is 24.5 Å². The van der Waals surface area contributed by atoms with Crippen LogP contribution in [0.4, 0.5) is 0 Å². The number of piperidine rings is 1. The fraction of sp³-hybridized carbons (Fsp3) is 0.462. The van der Waals surface area contributed by atoms with E-state index in [-0.39, 0.29) is 5.91 Å². The van der Waals surface area contributed by atoms with Crippen molar-refractivity contribution in [1.82, 2.24) is 9.88 Å². The van der Waals surface area contributed by atoms with E-state index in [1.165, 1.54) is 4.90 Å². The number of rotatable bonds is 3. The maximum Gasteiger partial charge on any atom is 0.334 e. The molecule has 0 spiro atoms. The van der Waals surface area contributed by atoms with Crippen molar-refractivity contribution < 1.29 is 14.7 Å². The first-order valence-corrected chi connectivity index (χ1v) is 6.01. The monoisotopic (exact) mass is 248 g/mol. The van der Waals surface area contributed by atoms with Gasteiger partial charge in [-0.15, -0.1) is 0 Å². The zero-order chi connectivity index (χ0) is 13.2. The molecule has 0 saturated carbocycles. The third-order valence-electron chi connectivity index (χ3n) is 3.52. The van der Waals surface area contributed by atoms with Gasteiger partial charge in [0.1, 0.15) is 0 Å². The normalized spacial score (nSPS) is 19.4. The van der Waals surface area contributed by atoms with Crippen LogP contribution in [0.2, 0.25) is 0 Å². The van der Waals surface area contributed by atoms with Gasteiger partial charge in [-0.1, -0.05) is 0 Å². The minimum Gasteiger partial charge on any atom is -0.479 e. The minimum absolute atomic E-state index is 0.0945. The van der Waals surface area contributed by atoms with Crippen LogP contribution >= 0.6 is 0 Å². The van der Waals surface area contributed by atoms with Gasteiger partial charge in [0.05, 0.1) is 0 Å². The summed E-state index contributed by atoms with van der Waals surface area (Å²) in [7, 11) is 0. The number of carbonyl (C=O) groups excluding carboxylic acids is 1. The van der Waals surface area contributed by atoms with Crippen LogP contribution in [-0.2, 0) is 15.1 Å². The highest BCUT2D eigenvalue weighted by molar-refractivity contribution is 5.88. The Morgan fingerprint density at radius 3 is 2.61 bits per heavy atom. The maximum absolute atomic E-state index is 12.0. The third-order valence-corrected chi connectivity index (χ3v) is 3.52. The molecule has 2 rings (SSSR count). The van der Waals surface area contributed by atoms with Crippen LogP contribution in [0.25, 0.3) is 0 Å². The van der Waals surface area contributed by atoms with Crippen LogP contribution in [-0.4, -0.2) is 33.4 Å². The average molecular weight is 248 g/mol. The number of likely N-dealkylation sites (tertiary alicyclic amines) is 1. The van der Waals surface area contributed by atoms with Crippen LogP contribution in [0.5, 0.6) is 0 Å². The zero-order valence-corrected chi connectivity index (χ0v) is 10.3. The third kappa shape index (κ3) is 1.96. The summed E-state index contributed by atoms with van der Waals surface area (Å²) in [6.07, 6.45) is 5.20. The molecule has 0 aromatic carbocycles. The molecule has 1 aliphatic heterocycles. The molecular formula is C13H16N2O3. The van der Waals surface area contributed by atoms with Crippen molar-refractivity contribution >= 4 is 11.9 Å². The largest absolute Gasteiger partial charge is 0.479 e. The number of pyridine rings is 1. The fourth-order valence-corrected chi connectivity index (χ4v) is 2.35. The first-order chi connectivity index (χ1) is 8.56. The molecule has 1 atom stereocenters. The Morgan fingerprint density at radius 2 is 2.06 bits per heavy atom. The molecule has 1 amide bonds. The number of carboxylic acid groups (broad SMARTS) is 1. The Morgan fingerprint density at radius 1 is 1.39 bits per heavy atom. The lowest BCUT2D eigenvalue weighted by Gasteiger charge is -2.40. The second-order valence-electron chi connectivity index (χ2n) is 4.62. The molecule has 18 heavy (non-hydrogen) atoms. The van der Waals surface area contributed by atoms with Gasteiger partial charge in [-0.3, -0.25) is 9.78 Å². The Balaban J connectivity index is 2.44. The summed E-state index contributed by atoms with van der Waals surface area (Å²) in [6.45, 7) is 2.07. The molecule has 1 N–H and O–H groups in total. The van der Waals surface area contributed by atoms with E-state index < -0.39 is 11.5 Å². The number of amides is 1. The number of hydrogen-bond donors (Lipinski definition) is 1. The highest BCUT2D eigenvalue weighted by Crippen LogP contribution is 2.31. The summed E-state index contributed by atoms with van der Waals surface area (Å²) in [6, 6.07) is 3.30. The quantitative estimate of drug-likeness (QED) is 0.877. The van der Waals surface area contributed by atoms with Gasteiger partial charge >= 0.3 is 5.97 Å². The Labute approximate surface area is 105 Å². The second-order valence-corrected chi connectivity index (χ2v) is 4.62. The van der Waals surface area contributed by atoms with E-state index >= 15 is 0 Å². The van der Waals surface area contributed by atoms with Crippen molar-refractivity contribution in [3.05, 3.63) is 30.1 Å². The molecule has 96 valence electrons. The van der Waals surface area contributed by atoms with E-state index in [2.05, 4.69) is 4.98 Å². The highest BCUT2D eigenvalue weighted by atomic mass is 16.4. The van der Waals surface area contributed by atoms with Crippen LogP contribution in [0, 0.1) is 0 Å². The van der Waals surface area contributed by atoms with Crippen molar-refractivity contribution in [3.8, 4) is 0 Å². The van der Waals surface area contributed by atoms with E-state index in [4.69, 9.17) is 0 Å². The van der Waals surface area contributed by atoms with E-state index in [9.17, 15) is 14.7 Å². The summed E-state index contributed by atoms with van der Waals surface area (Å²) in [5, 5.41) is 9.54. The van der Waals surface area contributed by atoms with E-state index in [1.807, 2.05) is 0 Å². The lowest BCUT2D eigenvalue weighted by atomic mass is 9.88. The number of carboxylic acids is 1. The molecule has 1 aromatic rings. The molecule has 1 unspecified atom stereocenters. The maximum atomic E-state index is 12.0. The standard InChI is InChI=1S/C13H16N2O3/c1-13(12(17)18,10-5-7-14-8-6-10)15-9-3-2-4-11(15)16/h5-8H,2-4,9H2,1H3,(H,17,18). The molecule has 5 nitrogen and oxygen atoms in total. The second kappa shape index (κ2) is 4.76. The van der Waals surface area contributed by atoms with Crippen molar-refractivity contribution in [2.24, 2.45) is 0 Å². The molecule has 1 aliphatic rings. The van der Waals surface area contributed by atoms with Crippen molar-refractivity contribution in [1.29, 1.82) is 0 Å². The van der Waals surface area contributed by atoms with Crippen molar-refractivity contribution in [2.75, 3.05) is 6.54 Å². The summed E-state index contributed by atoms with van der Waals surface area (Å²) < 4.78 is 0. The molecule has 5 heteroatoms. The predicted octanol–water partition coefficient (Wildman–Crippen LogP) is 1.39. The van der Waals surface area contributed by atoms with E-state index in [1.54, 1.807) is 31.5 Å². The van der Waals surface area contributed by atoms with E-state index in [0.29, 0.717) is 18.5 Å². The average Bonchev–Trinajstić information content (AvgIpc) is 2.39. The van der Waals surface area contributed by atoms with Crippen LogP contribution < -0.4 is 0 Å². The SMILES string of the molecule is CC(C(=O)O)(c1ccncc1)N1CCCCC1=O. The number of hydrogen-bond acceptors (Lipinski definition) is 3. The number of nitrogens with zero attached hydrogens (tertiary/aromatic N) is 2. The molecule has 1 saturated heterocycles. The summed E-state index contributed by atoms with van der Waals surface area (Å²) in [5.74, 6) is -1.10. The first-order valence-electron chi connectivity index (χ1n) is 6.01. The highest BCUT2D eigenvalue weighted by Gasteiger charge is 2.44. The van der Waals surface area contributed by atoms with Gasteiger partial charge < -0.3 is 10.0 Å². The molecule has 2 heterocycles. The fourth-order valence-electron chi connectivity index (χ4n) is 2.35. The Bertz CT molecular complexity index is 461. The Hall–Kier alpha value is -1.91. The summed E-state index contributed by atoms with van der Waals surface area (Å²) in [5.41, 5.74) is -0.722. The van der Waals surface area contributed by atoms with Gasteiger partial charge in [0.2, 0.25) is 5.91 Å². The molecule has 0 aliphatic carbocycles. The van der Waals surface area contributed by atoms with Gasteiger partial charge in [0.15, 0.2) is 5.54 Å². The molecule has 0 radical (unpaired) electrons. The minimum atomic E-state index is -1.31. The van der Waals surface area contributed by atoms with Crippen LogP contribution in [0.1, 0.15) is 31.7 Å². The zero-order valence-electron chi connectivity index (χ0n) is 10.3. The van der Waals surface area contributed by atoms with Crippen molar-refractivity contribution in [2.45, 2.75) is 31.7 Å². The van der Waals surface area contributed by atoms with E-state index in [0.717, 1.165) is 12.8 Å². The van der Waals surface area contributed by atoms with Gasteiger partial charge in [0.25, 0.3) is 0 Å². The lowest BCUT2D eigenvalue weighted by molar-refractivity contribution is -0.160. The lowest BCUT2D eigenvalue weighted by Crippen LogP contribution is -2.54. The number of carbonyl (C=O) groups is 2. The molecule has 1 fully saturated rings. The molecular weight excluding hydrogens is 232 g/mol. The number of aliphatic carboxylic acids is 1. The molecule has 1 aromatic heterocycles.